The van der Waals surface area contributed by atoms with E-state index in [1.54, 1.807) is 30.5 Å². The van der Waals surface area contributed by atoms with Gasteiger partial charge in [-0.3, -0.25) is 0 Å². The number of rotatable bonds is 5. The fourth-order valence-corrected chi connectivity index (χ4v) is 3.27. The molecular formula is C19H16ClN3OS. The zero-order valence-corrected chi connectivity index (χ0v) is 14.9. The van der Waals surface area contributed by atoms with Gasteiger partial charge in [0, 0.05) is 16.9 Å². The Bertz CT molecular complexity index is 954. The Kier molecular flexibility index (Phi) is 5.48. The molecule has 0 aliphatic carbocycles. The first kappa shape index (κ1) is 17.2. The number of hydrogen-bond acceptors (Lipinski definition) is 4. The van der Waals surface area contributed by atoms with E-state index in [-0.39, 0.29) is 5.75 Å². The van der Waals surface area contributed by atoms with Crippen molar-refractivity contribution in [2.75, 3.05) is 0 Å². The summed E-state index contributed by atoms with van der Waals surface area (Å²) < 4.78 is 2.05. The first-order valence-electron chi connectivity index (χ1n) is 7.58. The maximum absolute atomic E-state index is 9.30. The summed E-state index contributed by atoms with van der Waals surface area (Å²) in [4.78, 5) is 0.778. The lowest BCUT2D eigenvalue weighted by Gasteiger charge is -2.06. The Hall–Kier alpha value is -2.63. The molecule has 3 rings (SSSR count). The second kappa shape index (κ2) is 7.96. The number of aromatic nitrogens is 1. The predicted molar refractivity (Wildman–Crippen MR) is 104 cm³/mol. The zero-order valence-electron chi connectivity index (χ0n) is 13.3. The Labute approximate surface area is 154 Å². The standard InChI is InChI=1S/C19H16ClN3OS/c1-2-11-23-18(15-5-7-16(20)8-6-15)13-25-19(23)22-21-12-14-3-9-17(24)10-4-14/h2-10,12-13,24H,1,11H2. The van der Waals surface area contributed by atoms with Crippen LogP contribution in [0.2, 0.25) is 5.02 Å². The number of benzene rings is 2. The van der Waals surface area contributed by atoms with Crippen LogP contribution in [-0.4, -0.2) is 15.9 Å². The largest absolute Gasteiger partial charge is 0.508 e. The molecule has 6 heteroatoms. The highest BCUT2D eigenvalue weighted by Crippen LogP contribution is 2.22. The summed E-state index contributed by atoms with van der Waals surface area (Å²) in [6, 6.07) is 14.5. The van der Waals surface area contributed by atoms with Crippen LogP contribution in [0.3, 0.4) is 0 Å². The molecular weight excluding hydrogens is 354 g/mol. The molecule has 0 amide bonds. The van der Waals surface area contributed by atoms with Crippen LogP contribution in [0, 0.1) is 0 Å². The zero-order chi connectivity index (χ0) is 17.6. The molecule has 0 fully saturated rings. The van der Waals surface area contributed by atoms with Crippen LogP contribution < -0.4 is 4.80 Å². The lowest BCUT2D eigenvalue weighted by molar-refractivity contribution is 0.475. The smallest absolute Gasteiger partial charge is 0.211 e. The van der Waals surface area contributed by atoms with Crippen molar-refractivity contribution in [3.05, 3.63) is 82.0 Å². The quantitative estimate of drug-likeness (QED) is 0.395. The number of phenolic OH excluding ortho intramolecular Hbond substituents is 1. The summed E-state index contributed by atoms with van der Waals surface area (Å²) in [6.45, 7) is 4.45. The van der Waals surface area contributed by atoms with Crippen LogP contribution in [0.4, 0.5) is 0 Å². The van der Waals surface area contributed by atoms with Gasteiger partial charge in [0.15, 0.2) is 0 Å². The number of halogens is 1. The predicted octanol–water partition coefficient (Wildman–Crippen LogP) is 4.70. The van der Waals surface area contributed by atoms with Gasteiger partial charge in [0.25, 0.3) is 0 Å². The Morgan fingerprint density at radius 1 is 1.12 bits per heavy atom. The monoisotopic (exact) mass is 369 g/mol. The Morgan fingerprint density at radius 2 is 1.84 bits per heavy atom. The van der Waals surface area contributed by atoms with Crippen LogP contribution in [0.1, 0.15) is 5.56 Å². The molecule has 126 valence electrons. The third-order valence-electron chi connectivity index (χ3n) is 3.49. The maximum Gasteiger partial charge on any atom is 0.211 e. The summed E-state index contributed by atoms with van der Waals surface area (Å²) in [5, 5.41) is 20.5. The molecule has 1 heterocycles. The third-order valence-corrected chi connectivity index (χ3v) is 4.60. The molecule has 4 nitrogen and oxygen atoms in total. The summed E-state index contributed by atoms with van der Waals surface area (Å²) in [7, 11) is 0. The van der Waals surface area contributed by atoms with E-state index in [1.807, 2.05) is 35.7 Å². The molecule has 0 aliphatic heterocycles. The molecule has 1 N–H and O–H groups in total. The first-order chi connectivity index (χ1) is 12.2. The number of thiazole rings is 1. The minimum Gasteiger partial charge on any atom is -0.508 e. The second-order valence-electron chi connectivity index (χ2n) is 5.25. The van der Waals surface area contributed by atoms with Crippen LogP contribution >= 0.6 is 22.9 Å². The van der Waals surface area contributed by atoms with Gasteiger partial charge in [-0.15, -0.1) is 23.0 Å². The minimum absolute atomic E-state index is 0.226. The van der Waals surface area contributed by atoms with E-state index in [1.165, 1.54) is 11.3 Å². The van der Waals surface area contributed by atoms with E-state index in [4.69, 9.17) is 11.6 Å². The molecule has 0 atom stereocenters. The Morgan fingerprint density at radius 3 is 2.52 bits per heavy atom. The van der Waals surface area contributed by atoms with Crippen molar-refractivity contribution in [2.24, 2.45) is 10.2 Å². The van der Waals surface area contributed by atoms with Gasteiger partial charge in [-0.2, -0.15) is 5.10 Å². The van der Waals surface area contributed by atoms with Gasteiger partial charge < -0.3 is 9.67 Å². The van der Waals surface area contributed by atoms with E-state index in [2.05, 4.69) is 21.3 Å². The minimum atomic E-state index is 0.226. The van der Waals surface area contributed by atoms with Crippen LogP contribution in [0.15, 0.2) is 76.8 Å². The summed E-state index contributed by atoms with van der Waals surface area (Å²) in [5.41, 5.74) is 2.97. The van der Waals surface area contributed by atoms with Crippen molar-refractivity contribution >= 4 is 29.2 Å². The number of hydrogen-bond donors (Lipinski definition) is 1. The molecule has 2 aromatic carbocycles. The fraction of sp³-hybridized carbons (Fsp3) is 0.0526. The number of phenols is 1. The average Bonchev–Trinajstić information content (AvgIpc) is 3.01. The second-order valence-corrected chi connectivity index (χ2v) is 6.52. The Balaban J connectivity index is 1.94. The molecule has 0 radical (unpaired) electrons. The van der Waals surface area contributed by atoms with Crippen molar-refractivity contribution in [1.82, 2.24) is 4.57 Å². The maximum atomic E-state index is 9.30. The van der Waals surface area contributed by atoms with Gasteiger partial charge in [-0.05, 0) is 47.5 Å². The molecule has 0 aliphatic rings. The normalized spacial score (nSPS) is 12.0. The van der Waals surface area contributed by atoms with Crippen molar-refractivity contribution in [2.45, 2.75) is 6.54 Å². The SMILES string of the molecule is C=CCn1c(-c2ccc(Cl)cc2)csc1=NN=Cc1ccc(O)cc1. The number of aromatic hydroxyl groups is 1. The number of nitrogens with zero attached hydrogens (tertiary/aromatic N) is 3. The summed E-state index contributed by atoms with van der Waals surface area (Å²) in [6.07, 6.45) is 3.48. The summed E-state index contributed by atoms with van der Waals surface area (Å²) >= 11 is 7.48. The van der Waals surface area contributed by atoms with Gasteiger partial charge in [0.05, 0.1) is 11.9 Å². The fourth-order valence-electron chi connectivity index (χ4n) is 2.27. The van der Waals surface area contributed by atoms with Gasteiger partial charge in [-0.1, -0.05) is 29.8 Å². The highest BCUT2D eigenvalue weighted by Gasteiger charge is 2.06. The van der Waals surface area contributed by atoms with Crippen molar-refractivity contribution in [3.63, 3.8) is 0 Å². The molecule has 25 heavy (non-hydrogen) atoms. The number of allylic oxidation sites excluding steroid dienone is 1. The third kappa shape index (κ3) is 4.26. The van der Waals surface area contributed by atoms with Gasteiger partial charge in [0.1, 0.15) is 5.75 Å². The van der Waals surface area contributed by atoms with E-state index in [9.17, 15) is 5.11 Å². The first-order valence-corrected chi connectivity index (χ1v) is 8.84. The molecule has 0 spiro atoms. The van der Waals surface area contributed by atoms with E-state index >= 15 is 0 Å². The highest BCUT2D eigenvalue weighted by molar-refractivity contribution is 7.07. The molecule has 0 saturated carbocycles. The molecule has 0 saturated heterocycles. The van der Waals surface area contributed by atoms with Crippen molar-refractivity contribution < 1.29 is 5.11 Å². The molecule has 3 aromatic rings. The van der Waals surface area contributed by atoms with Gasteiger partial charge in [-0.25, -0.2) is 0 Å². The van der Waals surface area contributed by atoms with Gasteiger partial charge in [0.2, 0.25) is 4.80 Å². The average molecular weight is 370 g/mol. The van der Waals surface area contributed by atoms with E-state index in [0.717, 1.165) is 21.6 Å². The van der Waals surface area contributed by atoms with Crippen LogP contribution in [0.25, 0.3) is 11.3 Å². The van der Waals surface area contributed by atoms with Crippen molar-refractivity contribution in [1.29, 1.82) is 0 Å². The lowest BCUT2D eigenvalue weighted by atomic mass is 10.2. The van der Waals surface area contributed by atoms with E-state index in [0.29, 0.717) is 11.6 Å². The van der Waals surface area contributed by atoms with Crippen LogP contribution in [-0.2, 0) is 6.54 Å². The molecule has 1 aromatic heterocycles. The van der Waals surface area contributed by atoms with E-state index < -0.39 is 0 Å². The van der Waals surface area contributed by atoms with Gasteiger partial charge >= 0.3 is 0 Å². The summed E-state index contributed by atoms with van der Waals surface area (Å²) in [5.74, 6) is 0.226. The highest BCUT2D eigenvalue weighted by atomic mass is 35.5. The molecule has 0 bridgehead atoms. The molecule has 0 unspecified atom stereocenters. The van der Waals surface area contributed by atoms with Crippen molar-refractivity contribution in [3.8, 4) is 17.0 Å². The lowest BCUT2D eigenvalue weighted by Crippen LogP contribution is -2.14. The topological polar surface area (TPSA) is 49.9 Å². The van der Waals surface area contributed by atoms with Crippen LogP contribution in [0.5, 0.6) is 5.75 Å².